The van der Waals surface area contributed by atoms with Crippen LogP contribution in [0, 0.1) is 0 Å². The number of nitrogens with one attached hydrogen (secondary N) is 1. The summed E-state index contributed by atoms with van der Waals surface area (Å²) in [6.07, 6.45) is 8.20. The van der Waals surface area contributed by atoms with Crippen LogP contribution < -0.4 is 5.32 Å². The molecular weight excluding hydrogens is 298 g/mol. The largest absolute Gasteiger partial charge is 0.310 e. The van der Waals surface area contributed by atoms with Gasteiger partial charge in [0, 0.05) is 17.1 Å². The van der Waals surface area contributed by atoms with E-state index in [0.29, 0.717) is 6.04 Å². The van der Waals surface area contributed by atoms with Crippen molar-refractivity contribution in [2.45, 2.75) is 51.1 Å². The van der Waals surface area contributed by atoms with Gasteiger partial charge in [0.2, 0.25) is 0 Å². The van der Waals surface area contributed by atoms with Gasteiger partial charge in [0.05, 0.1) is 5.02 Å². The highest BCUT2D eigenvalue weighted by atomic mass is 79.9. The summed E-state index contributed by atoms with van der Waals surface area (Å²) in [5.41, 5.74) is 1.27. The number of halogens is 2. The topological polar surface area (TPSA) is 12.0 Å². The summed E-state index contributed by atoms with van der Waals surface area (Å²) in [6, 6.07) is 6.88. The molecule has 0 radical (unpaired) electrons. The second-order valence-corrected chi connectivity index (χ2v) is 6.08. The van der Waals surface area contributed by atoms with Gasteiger partial charge in [0.15, 0.2) is 0 Å². The van der Waals surface area contributed by atoms with Crippen LogP contribution in [0.4, 0.5) is 0 Å². The summed E-state index contributed by atoms with van der Waals surface area (Å²) in [6.45, 7) is 0.928. The maximum absolute atomic E-state index is 6.09. The summed E-state index contributed by atoms with van der Waals surface area (Å²) in [5, 5.41) is 4.45. The predicted molar refractivity (Wildman–Crippen MR) is 77.5 cm³/mol. The highest BCUT2D eigenvalue weighted by molar-refractivity contribution is 9.10. The summed E-state index contributed by atoms with van der Waals surface area (Å²) in [4.78, 5) is 0. The number of benzene rings is 1. The minimum atomic E-state index is 0.694. The van der Waals surface area contributed by atoms with E-state index in [2.05, 4.69) is 27.3 Å². The van der Waals surface area contributed by atoms with E-state index < -0.39 is 0 Å². The standard InChI is InChI=1S/C14H19BrClN/c15-13-8-7-11(9-14(13)16)10-17-12-5-3-1-2-4-6-12/h7-9,12,17H,1-6,10H2. The lowest BCUT2D eigenvalue weighted by atomic mass is 10.1. The van der Waals surface area contributed by atoms with Gasteiger partial charge in [-0.15, -0.1) is 0 Å². The van der Waals surface area contributed by atoms with Crippen molar-refractivity contribution < 1.29 is 0 Å². The molecule has 1 N–H and O–H groups in total. The smallest absolute Gasteiger partial charge is 0.0551 e. The average Bonchev–Trinajstić information content (AvgIpc) is 2.59. The van der Waals surface area contributed by atoms with Crippen LogP contribution >= 0.6 is 27.5 Å². The molecule has 0 heterocycles. The first-order chi connectivity index (χ1) is 8.25. The van der Waals surface area contributed by atoms with Crippen LogP contribution in [-0.4, -0.2) is 6.04 Å². The number of hydrogen-bond donors (Lipinski definition) is 1. The SMILES string of the molecule is Clc1cc(CNC2CCCCCC2)ccc1Br. The molecule has 1 saturated carbocycles. The van der Waals surface area contributed by atoms with Crippen molar-refractivity contribution in [2.24, 2.45) is 0 Å². The van der Waals surface area contributed by atoms with E-state index in [9.17, 15) is 0 Å². The first-order valence-corrected chi connectivity index (χ1v) is 7.60. The quantitative estimate of drug-likeness (QED) is 0.781. The van der Waals surface area contributed by atoms with Crippen LogP contribution in [0.3, 0.4) is 0 Å². The molecule has 94 valence electrons. The lowest BCUT2D eigenvalue weighted by molar-refractivity contribution is 0.459. The van der Waals surface area contributed by atoms with Gasteiger partial charge in [0.1, 0.15) is 0 Å². The molecule has 0 amide bonds. The summed E-state index contributed by atoms with van der Waals surface area (Å²) in [7, 11) is 0. The molecule has 1 aromatic rings. The second-order valence-electron chi connectivity index (χ2n) is 4.82. The van der Waals surface area contributed by atoms with E-state index in [1.165, 1.54) is 44.1 Å². The fourth-order valence-corrected chi connectivity index (χ4v) is 2.85. The van der Waals surface area contributed by atoms with Gasteiger partial charge >= 0.3 is 0 Å². The Morgan fingerprint density at radius 2 is 1.88 bits per heavy atom. The van der Waals surface area contributed by atoms with Crippen LogP contribution in [0.1, 0.15) is 44.1 Å². The normalized spacial score (nSPS) is 18.0. The Morgan fingerprint density at radius 3 is 2.53 bits per heavy atom. The lowest BCUT2D eigenvalue weighted by Crippen LogP contribution is -2.27. The van der Waals surface area contributed by atoms with Crippen molar-refractivity contribution in [3.8, 4) is 0 Å². The van der Waals surface area contributed by atoms with Crippen molar-refractivity contribution in [1.29, 1.82) is 0 Å². The molecular formula is C14H19BrClN. The fraction of sp³-hybridized carbons (Fsp3) is 0.571. The third-order valence-electron chi connectivity index (χ3n) is 3.43. The molecule has 17 heavy (non-hydrogen) atoms. The average molecular weight is 317 g/mol. The molecule has 0 spiro atoms. The van der Waals surface area contributed by atoms with Gasteiger partial charge in [-0.1, -0.05) is 43.4 Å². The molecule has 0 aliphatic heterocycles. The Hall–Kier alpha value is -0.0500. The second kappa shape index (κ2) is 6.77. The van der Waals surface area contributed by atoms with Crippen molar-refractivity contribution in [3.63, 3.8) is 0 Å². The molecule has 1 aliphatic rings. The van der Waals surface area contributed by atoms with E-state index in [4.69, 9.17) is 11.6 Å². The molecule has 0 saturated heterocycles. The maximum Gasteiger partial charge on any atom is 0.0551 e. The summed E-state index contributed by atoms with van der Waals surface area (Å²) >= 11 is 9.50. The third-order valence-corrected chi connectivity index (χ3v) is 4.67. The molecule has 0 bridgehead atoms. The Morgan fingerprint density at radius 1 is 1.18 bits per heavy atom. The molecule has 1 aromatic carbocycles. The summed E-state index contributed by atoms with van der Waals surface area (Å²) < 4.78 is 0.970. The van der Waals surface area contributed by atoms with Crippen molar-refractivity contribution in [3.05, 3.63) is 33.3 Å². The zero-order chi connectivity index (χ0) is 12.1. The number of rotatable bonds is 3. The van der Waals surface area contributed by atoms with Crippen molar-refractivity contribution in [1.82, 2.24) is 5.32 Å². The molecule has 1 aliphatic carbocycles. The molecule has 2 rings (SSSR count). The van der Waals surface area contributed by atoms with E-state index in [-0.39, 0.29) is 0 Å². The first-order valence-electron chi connectivity index (χ1n) is 6.43. The Bertz CT molecular complexity index is 359. The molecule has 1 fully saturated rings. The zero-order valence-electron chi connectivity index (χ0n) is 10.0. The highest BCUT2D eigenvalue weighted by Gasteiger charge is 2.11. The fourth-order valence-electron chi connectivity index (χ4n) is 2.40. The molecule has 1 nitrogen and oxygen atoms in total. The van der Waals surface area contributed by atoms with Crippen molar-refractivity contribution in [2.75, 3.05) is 0 Å². The predicted octanol–water partition coefficient (Wildman–Crippen LogP) is 4.91. The summed E-state index contributed by atoms with van der Waals surface area (Å²) in [5.74, 6) is 0. The van der Waals surface area contributed by atoms with Gasteiger partial charge in [-0.3, -0.25) is 0 Å². The minimum absolute atomic E-state index is 0.694. The van der Waals surface area contributed by atoms with Crippen LogP contribution in [-0.2, 0) is 6.54 Å². The maximum atomic E-state index is 6.09. The minimum Gasteiger partial charge on any atom is -0.310 e. The number of hydrogen-bond acceptors (Lipinski definition) is 1. The molecule has 0 aromatic heterocycles. The van der Waals surface area contributed by atoms with Gasteiger partial charge in [0.25, 0.3) is 0 Å². The first kappa shape index (κ1) is 13.4. The van der Waals surface area contributed by atoms with Crippen LogP contribution in [0.5, 0.6) is 0 Å². The van der Waals surface area contributed by atoms with Crippen LogP contribution in [0.2, 0.25) is 5.02 Å². The van der Waals surface area contributed by atoms with E-state index in [1.807, 2.05) is 12.1 Å². The Labute approximate surface area is 117 Å². The van der Waals surface area contributed by atoms with Crippen molar-refractivity contribution >= 4 is 27.5 Å². The van der Waals surface area contributed by atoms with E-state index in [0.717, 1.165) is 16.0 Å². The molecule has 3 heteroatoms. The van der Waals surface area contributed by atoms with E-state index >= 15 is 0 Å². The lowest BCUT2D eigenvalue weighted by Gasteiger charge is -2.16. The van der Waals surface area contributed by atoms with Gasteiger partial charge < -0.3 is 5.32 Å². The van der Waals surface area contributed by atoms with Gasteiger partial charge in [-0.2, -0.15) is 0 Å². The van der Waals surface area contributed by atoms with Gasteiger partial charge in [-0.05, 0) is 46.5 Å². The Balaban J connectivity index is 1.85. The highest BCUT2D eigenvalue weighted by Crippen LogP contribution is 2.23. The Kier molecular flexibility index (Phi) is 5.33. The van der Waals surface area contributed by atoms with Crippen LogP contribution in [0.15, 0.2) is 22.7 Å². The van der Waals surface area contributed by atoms with Gasteiger partial charge in [-0.25, -0.2) is 0 Å². The van der Waals surface area contributed by atoms with Crippen LogP contribution in [0.25, 0.3) is 0 Å². The molecule has 0 unspecified atom stereocenters. The van der Waals surface area contributed by atoms with E-state index in [1.54, 1.807) is 0 Å². The monoisotopic (exact) mass is 315 g/mol. The third kappa shape index (κ3) is 4.27. The zero-order valence-corrected chi connectivity index (χ0v) is 12.4. The molecule has 0 atom stereocenters.